The average molecular weight is 303 g/mol. The summed E-state index contributed by atoms with van der Waals surface area (Å²) in [5, 5.41) is 28.5. The lowest BCUT2D eigenvalue weighted by Crippen LogP contribution is -1.99. The second kappa shape index (κ2) is 5.70. The van der Waals surface area contributed by atoms with E-state index in [-0.39, 0.29) is 22.9 Å². The monoisotopic (exact) mass is 303 g/mol. The standard InChI is InChI=1S/C18H13N3O2/c19-10-14-13(12-6-7-16(22)17(23)8-12)9-15(21-18(14)20)11-4-2-1-3-5-11/h1-9,22-23H,(H2,20,21). The van der Waals surface area contributed by atoms with E-state index in [1.165, 1.54) is 12.1 Å². The second-order valence-corrected chi connectivity index (χ2v) is 5.00. The van der Waals surface area contributed by atoms with Crippen LogP contribution in [0.3, 0.4) is 0 Å². The minimum absolute atomic E-state index is 0.122. The molecule has 0 saturated carbocycles. The summed E-state index contributed by atoms with van der Waals surface area (Å²) in [7, 11) is 0. The molecule has 0 aliphatic carbocycles. The van der Waals surface area contributed by atoms with Gasteiger partial charge in [-0.15, -0.1) is 0 Å². The van der Waals surface area contributed by atoms with Crippen molar-refractivity contribution < 1.29 is 10.2 Å². The molecule has 0 aliphatic rings. The number of nitrogens with two attached hydrogens (primary N) is 1. The Morgan fingerprint density at radius 3 is 2.30 bits per heavy atom. The van der Waals surface area contributed by atoms with E-state index in [9.17, 15) is 15.5 Å². The third-order valence-corrected chi connectivity index (χ3v) is 3.52. The molecule has 0 saturated heterocycles. The third-order valence-electron chi connectivity index (χ3n) is 3.52. The average Bonchev–Trinajstić information content (AvgIpc) is 2.57. The highest BCUT2D eigenvalue weighted by atomic mass is 16.3. The summed E-state index contributed by atoms with van der Waals surface area (Å²) in [6, 6.07) is 17.6. The Kier molecular flexibility index (Phi) is 3.57. The minimum atomic E-state index is -0.261. The van der Waals surface area contributed by atoms with Crippen LogP contribution >= 0.6 is 0 Å². The predicted molar refractivity (Wildman–Crippen MR) is 87.6 cm³/mol. The van der Waals surface area contributed by atoms with Crippen LogP contribution in [0.15, 0.2) is 54.6 Å². The van der Waals surface area contributed by atoms with Gasteiger partial charge in [-0.1, -0.05) is 36.4 Å². The molecule has 5 nitrogen and oxygen atoms in total. The highest BCUT2D eigenvalue weighted by Gasteiger charge is 2.14. The van der Waals surface area contributed by atoms with E-state index in [0.29, 0.717) is 16.8 Å². The van der Waals surface area contributed by atoms with Crippen LogP contribution in [0.2, 0.25) is 0 Å². The first-order valence-electron chi connectivity index (χ1n) is 6.88. The minimum Gasteiger partial charge on any atom is -0.504 e. The molecular formula is C18H13N3O2. The zero-order chi connectivity index (χ0) is 16.4. The number of nitrogens with zero attached hydrogens (tertiary/aromatic N) is 2. The van der Waals surface area contributed by atoms with Crippen LogP contribution in [0.4, 0.5) is 5.82 Å². The van der Waals surface area contributed by atoms with Gasteiger partial charge in [0.15, 0.2) is 11.5 Å². The Labute approximate surface area is 132 Å². The summed E-state index contributed by atoms with van der Waals surface area (Å²) in [6.45, 7) is 0. The first-order valence-corrected chi connectivity index (χ1v) is 6.88. The van der Waals surface area contributed by atoms with Gasteiger partial charge in [0.05, 0.1) is 5.69 Å². The number of phenolic OH excluding ortho intramolecular Hbond substituents is 2. The summed E-state index contributed by atoms with van der Waals surface area (Å²) < 4.78 is 0. The maximum Gasteiger partial charge on any atom is 0.158 e. The Morgan fingerprint density at radius 1 is 0.913 bits per heavy atom. The number of hydrogen-bond acceptors (Lipinski definition) is 5. The Balaban J connectivity index is 2.24. The van der Waals surface area contributed by atoms with Gasteiger partial charge in [-0.3, -0.25) is 0 Å². The van der Waals surface area contributed by atoms with Crippen molar-refractivity contribution in [3.63, 3.8) is 0 Å². The molecule has 23 heavy (non-hydrogen) atoms. The molecule has 4 N–H and O–H groups in total. The van der Waals surface area contributed by atoms with Gasteiger partial charge in [-0.2, -0.15) is 5.26 Å². The highest BCUT2D eigenvalue weighted by Crippen LogP contribution is 2.35. The van der Waals surface area contributed by atoms with Crippen LogP contribution in [0.5, 0.6) is 11.5 Å². The van der Waals surface area contributed by atoms with E-state index in [4.69, 9.17) is 5.73 Å². The van der Waals surface area contributed by atoms with E-state index >= 15 is 0 Å². The molecule has 0 bridgehead atoms. The lowest BCUT2D eigenvalue weighted by molar-refractivity contribution is 0.404. The van der Waals surface area contributed by atoms with Gasteiger partial charge in [-0.25, -0.2) is 4.98 Å². The quantitative estimate of drug-likeness (QED) is 0.630. The van der Waals surface area contributed by atoms with Crippen molar-refractivity contribution in [3.05, 3.63) is 60.2 Å². The van der Waals surface area contributed by atoms with Crippen molar-refractivity contribution in [1.29, 1.82) is 5.26 Å². The molecule has 0 unspecified atom stereocenters. The molecule has 112 valence electrons. The smallest absolute Gasteiger partial charge is 0.158 e. The number of nitriles is 1. The largest absolute Gasteiger partial charge is 0.504 e. The van der Waals surface area contributed by atoms with E-state index in [0.717, 1.165) is 5.56 Å². The molecule has 1 heterocycles. The first kappa shape index (κ1) is 14.4. The van der Waals surface area contributed by atoms with Gasteiger partial charge in [0.25, 0.3) is 0 Å². The molecule has 0 fully saturated rings. The molecule has 5 heteroatoms. The van der Waals surface area contributed by atoms with Crippen molar-refractivity contribution in [2.24, 2.45) is 0 Å². The number of rotatable bonds is 2. The zero-order valence-electron chi connectivity index (χ0n) is 12.1. The normalized spacial score (nSPS) is 10.2. The SMILES string of the molecule is N#Cc1c(-c2ccc(O)c(O)c2)cc(-c2ccccc2)nc1N. The van der Waals surface area contributed by atoms with E-state index in [1.54, 1.807) is 12.1 Å². The summed E-state index contributed by atoms with van der Waals surface area (Å²) in [5.74, 6) is -0.364. The number of benzene rings is 2. The second-order valence-electron chi connectivity index (χ2n) is 5.00. The van der Waals surface area contributed by atoms with Crippen molar-refractivity contribution in [1.82, 2.24) is 4.98 Å². The van der Waals surface area contributed by atoms with E-state index in [1.807, 2.05) is 36.4 Å². The lowest BCUT2D eigenvalue weighted by Gasteiger charge is -2.11. The van der Waals surface area contributed by atoms with Crippen LogP contribution in [-0.4, -0.2) is 15.2 Å². The van der Waals surface area contributed by atoms with Crippen molar-refractivity contribution in [2.45, 2.75) is 0 Å². The summed E-state index contributed by atoms with van der Waals surface area (Å²) >= 11 is 0. The number of nitrogen functional groups attached to an aromatic ring is 1. The number of anilines is 1. The fraction of sp³-hybridized carbons (Fsp3) is 0. The maximum absolute atomic E-state index is 9.70. The molecule has 0 radical (unpaired) electrons. The van der Waals surface area contributed by atoms with Crippen LogP contribution < -0.4 is 5.73 Å². The van der Waals surface area contributed by atoms with Gasteiger partial charge in [-0.05, 0) is 23.8 Å². The molecule has 3 aromatic rings. The number of aromatic nitrogens is 1. The Morgan fingerprint density at radius 2 is 1.65 bits per heavy atom. The first-order chi connectivity index (χ1) is 11.1. The fourth-order valence-electron chi connectivity index (χ4n) is 2.36. The Bertz CT molecular complexity index is 916. The summed E-state index contributed by atoms with van der Waals surface area (Å²) in [5.41, 5.74) is 8.78. The lowest BCUT2D eigenvalue weighted by atomic mass is 9.98. The van der Waals surface area contributed by atoms with Crippen LogP contribution in [0, 0.1) is 11.3 Å². The maximum atomic E-state index is 9.70. The predicted octanol–water partition coefficient (Wildman–Crippen LogP) is 3.28. The number of pyridine rings is 1. The van der Waals surface area contributed by atoms with Crippen molar-refractivity contribution in [3.8, 4) is 40.0 Å². The van der Waals surface area contributed by atoms with E-state index in [2.05, 4.69) is 4.98 Å². The molecule has 0 amide bonds. The fourth-order valence-corrected chi connectivity index (χ4v) is 2.36. The van der Waals surface area contributed by atoms with Crippen LogP contribution in [0.25, 0.3) is 22.4 Å². The number of aromatic hydroxyl groups is 2. The molecular weight excluding hydrogens is 290 g/mol. The molecule has 0 atom stereocenters. The number of phenols is 2. The number of hydrogen-bond donors (Lipinski definition) is 3. The van der Waals surface area contributed by atoms with Crippen molar-refractivity contribution in [2.75, 3.05) is 5.73 Å². The molecule has 0 aliphatic heterocycles. The highest BCUT2D eigenvalue weighted by molar-refractivity contribution is 5.81. The molecule has 1 aromatic heterocycles. The van der Waals surface area contributed by atoms with Gasteiger partial charge in [0, 0.05) is 11.1 Å². The van der Waals surface area contributed by atoms with Gasteiger partial charge in [0.1, 0.15) is 17.5 Å². The molecule has 2 aromatic carbocycles. The van der Waals surface area contributed by atoms with Gasteiger partial charge >= 0.3 is 0 Å². The zero-order valence-corrected chi connectivity index (χ0v) is 12.1. The molecule has 0 spiro atoms. The van der Waals surface area contributed by atoms with Crippen LogP contribution in [-0.2, 0) is 0 Å². The van der Waals surface area contributed by atoms with Crippen LogP contribution in [0.1, 0.15) is 5.56 Å². The Hall–Kier alpha value is -3.52. The summed E-state index contributed by atoms with van der Waals surface area (Å²) in [4.78, 5) is 4.28. The van der Waals surface area contributed by atoms with Gasteiger partial charge < -0.3 is 15.9 Å². The molecule has 3 rings (SSSR count). The summed E-state index contributed by atoms with van der Waals surface area (Å²) in [6.07, 6.45) is 0. The van der Waals surface area contributed by atoms with Crippen molar-refractivity contribution >= 4 is 5.82 Å². The topological polar surface area (TPSA) is 103 Å². The van der Waals surface area contributed by atoms with E-state index < -0.39 is 0 Å². The third kappa shape index (κ3) is 2.65. The van der Waals surface area contributed by atoms with Gasteiger partial charge in [0.2, 0.25) is 0 Å².